The molecule has 0 fully saturated rings. The third-order valence-electron chi connectivity index (χ3n) is 4.00. The fourth-order valence-corrected chi connectivity index (χ4v) is 2.72. The zero-order valence-corrected chi connectivity index (χ0v) is 14.0. The van der Waals surface area contributed by atoms with Crippen molar-refractivity contribution in [3.8, 4) is 0 Å². The normalized spacial score (nSPS) is 11.1. The van der Waals surface area contributed by atoms with Crippen LogP contribution >= 0.6 is 0 Å². The third kappa shape index (κ3) is 3.19. The lowest BCUT2D eigenvalue weighted by Gasteiger charge is -2.07. The van der Waals surface area contributed by atoms with Gasteiger partial charge < -0.3 is 9.73 Å². The average Bonchev–Trinajstić information content (AvgIpc) is 3.00. The van der Waals surface area contributed by atoms with Crippen molar-refractivity contribution in [2.45, 2.75) is 13.1 Å². The van der Waals surface area contributed by atoms with Crippen LogP contribution in [0.1, 0.15) is 0 Å². The molecule has 3 aromatic heterocycles. The molecule has 0 aliphatic rings. The van der Waals surface area contributed by atoms with Crippen LogP contribution in [-0.2, 0) is 17.9 Å². The van der Waals surface area contributed by atoms with E-state index in [2.05, 4.69) is 20.6 Å². The number of aromatic nitrogens is 5. The topological polar surface area (TPSA) is 125 Å². The summed E-state index contributed by atoms with van der Waals surface area (Å²) in [6.07, 6.45) is 1.55. The number of carbonyl (C=O) groups is 1. The average molecular weight is 366 g/mol. The Bertz CT molecular complexity index is 1260. The minimum absolute atomic E-state index is 0.166. The molecule has 1 aromatic carbocycles. The highest BCUT2D eigenvalue weighted by Crippen LogP contribution is 2.07. The summed E-state index contributed by atoms with van der Waals surface area (Å²) in [6, 6.07) is 10.1. The molecule has 4 aromatic rings. The summed E-state index contributed by atoms with van der Waals surface area (Å²) in [7, 11) is 0. The Morgan fingerprint density at radius 1 is 1.15 bits per heavy atom. The quantitative estimate of drug-likeness (QED) is 0.523. The maximum Gasteiger partial charge on any atom is 0.421 e. The van der Waals surface area contributed by atoms with Crippen LogP contribution in [0.2, 0.25) is 0 Å². The number of rotatable bonds is 5. The number of oxazole rings is 1. The number of nitrogens with one attached hydrogen (secondary N) is 1. The van der Waals surface area contributed by atoms with Gasteiger partial charge in [0.05, 0.1) is 5.39 Å². The Balaban J connectivity index is 1.43. The largest absolute Gasteiger partial charge is 0.421 e. The summed E-state index contributed by atoms with van der Waals surface area (Å²) >= 11 is 0. The third-order valence-corrected chi connectivity index (χ3v) is 4.00. The number of hydrogen-bond acceptors (Lipinski definition) is 7. The van der Waals surface area contributed by atoms with Gasteiger partial charge >= 0.3 is 5.76 Å². The molecule has 10 heteroatoms. The summed E-state index contributed by atoms with van der Waals surface area (Å²) in [5.74, 6) is -0.968. The molecule has 0 unspecified atom stereocenters. The Morgan fingerprint density at radius 3 is 2.89 bits per heavy atom. The number of pyridine rings is 1. The fraction of sp³-hybridized carbons (Fsp3) is 0.176. The summed E-state index contributed by atoms with van der Waals surface area (Å²) in [6.45, 7) is 0.0859. The Labute approximate surface area is 151 Å². The van der Waals surface area contributed by atoms with E-state index in [9.17, 15) is 14.4 Å². The van der Waals surface area contributed by atoms with E-state index in [1.807, 2.05) is 0 Å². The highest BCUT2D eigenvalue weighted by atomic mass is 16.4. The van der Waals surface area contributed by atoms with Crippen LogP contribution in [0.15, 0.2) is 56.6 Å². The lowest BCUT2D eigenvalue weighted by molar-refractivity contribution is -0.121. The molecule has 0 bridgehead atoms. The summed E-state index contributed by atoms with van der Waals surface area (Å²) < 4.78 is 7.41. The van der Waals surface area contributed by atoms with Gasteiger partial charge in [-0.25, -0.2) is 14.5 Å². The highest BCUT2D eigenvalue weighted by molar-refractivity contribution is 5.78. The Kier molecular flexibility index (Phi) is 4.21. The molecule has 136 valence electrons. The van der Waals surface area contributed by atoms with E-state index in [-0.39, 0.29) is 19.6 Å². The van der Waals surface area contributed by atoms with Crippen LogP contribution < -0.4 is 16.6 Å². The van der Waals surface area contributed by atoms with Gasteiger partial charge in [0.15, 0.2) is 11.2 Å². The second-order valence-corrected chi connectivity index (χ2v) is 5.76. The second-order valence-electron chi connectivity index (χ2n) is 5.76. The first kappa shape index (κ1) is 16.6. The van der Waals surface area contributed by atoms with Gasteiger partial charge in [-0.2, -0.15) is 0 Å². The van der Waals surface area contributed by atoms with Crippen LogP contribution in [0.3, 0.4) is 0 Å². The van der Waals surface area contributed by atoms with Crippen molar-refractivity contribution in [2.24, 2.45) is 0 Å². The van der Waals surface area contributed by atoms with Crippen LogP contribution in [-0.4, -0.2) is 37.0 Å². The monoisotopic (exact) mass is 366 g/mol. The van der Waals surface area contributed by atoms with Gasteiger partial charge in [0.2, 0.25) is 5.91 Å². The molecular formula is C17H14N6O4. The van der Waals surface area contributed by atoms with Crippen LogP contribution in [0.4, 0.5) is 0 Å². The van der Waals surface area contributed by atoms with E-state index in [4.69, 9.17) is 4.42 Å². The van der Waals surface area contributed by atoms with Crippen molar-refractivity contribution in [2.75, 3.05) is 6.54 Å². The van der Waals surface area contributed by atoms with E-state index < -0.39 is 17.2 Å². The van der Waals surface area contributed by atoms with Gasteiger partial charge in [-0.15, -0.1) is 5.10 Å². The Morgan fingerprint density at radius 2 is 2.00 bits per heavy atom. The Hall–Kier alpha value is -3.82. The molecule has 1 amide bonds. The molecule has 0 aliphatic carbocycles. The molecule has 0 saturated carbocycles. The fourth-order valence-electron chi connectivity index (χ4n) is 2.72. The van der Waals surface area contributed by atoms with E-state index in [1.54, 1.807) is 42.6 Å². The molecule has 0 radical (unpaired) electrons. The van der Waals surface area contributed by atoms with Crippen molar-refractivity contribution in [1.29, 1.82) is 0 Å². The molecular weight excluding hydrogens is 352 g/mol. The second kappa shape index (κ2) is 6.83. The highest BCUT2D eigenvalue weighted by Gasteiger charge is 2.11. The van der Waals surface area contributed by atoms with Gasteiger partial charge in [-0.1, -0.05) is 17.3 Å². The molecule has 3 heterocycles. The summed E-state index contributed by atoms with van der Waals surface area (Å²) in [4.78, 5) is 40.4. The predicted octanol–water partition coefficient (Wildman–Crippen LogP) is -0.0892. The van der Waals surface area contributed by atoms with Crippen LogP contribution in [0.25, 0.3) is 22.1 Å². The minimum Gasteiger partial charge on any atom is -0.406 e. The van der Waals surface area contributed by atoms with Crippen molar-refractivity contribution in [1.82, 2.24) is 29.9 Å². The SMILES string of the molecule is O=C(Cn1nnc2ccccc2c1=O)NCCn1c(=O)oc2cccnc21. The molecule has 0 aliphatic heterocycles. The number of hydrogen-bond donors (Lipinski definition) is 1. The van der Waals surface area contributed by atoms with Crippen molar-refractivity contribution >= 4 is 28.0 Å². The first-order valence-corrected chi connectivity index (χ1v) is 8.17. The maximum absolute atomic E-state index is 12.3. The molecule has 0 saturated heterocycles. The lowest BCUT2D eigenvalue weighted by atomic mass is 10.2. The van der Waals surface area contributed by atoms with E-state index in [0.29, 0.717) is 22.1 Å². The number of benzene rings is 1. The van der Waals surface area contributed by atoms with Crippen molar-refractivity contribution in [3.05, 3.63) is 63.5 Å². The molecule has 10 nitrogen and oxygen atoms in total. The molecule has 0 atom stereocenters. The molecule has 4 rings (SSSR count). The maximum atomic E-state index is 12.3. The van der Waals surface area contributed by atoms with Crippen LogP contribution in [0, 0.1) is 0 Å². The van der Waals surface area contributed by atoms with Crippen molar-refractivity contribution < 1.29 is 9.21 Å². The lowest BCUT2D eigenvalue weighted by Crippen LogP contribution is -2.36. The zero-order chi connectivity index (χ0) is 18.8. The molecule has 0 spiro atoms. The summed E-state index contributed by atoms with van der Waals surface area (Å²) in [5.41, 5.74) is 0.870. The number of amides is 1. The first-order chi connectivity index (χ1) is 13.1. The van der Waals surface area contributed by atoms with Gasteiger partial charge in [0.25, 0.3) is 5.56 Å². The number of nitrogens with zero attached hydrogens (tertiary/aromatic N) is 5. The van der Waals surface area contributed by atoms with Gasteiger partial charge in [-0.3, -0.25) is 14.2 Å². The molecule has 1 N–H and O–H groups in total. The van der Waals surface area contributed by atoms with E-state index in [0.717, 1.165) is 4.68 Å². The van der Waals surface area contributed by atoms with Gasteiger partial charge in [-0.05, 0) is 24.3 Å². The first-order valence-electron chi connectivity index (χ1n) is 8.17. The number of fused-ring (bicyclic) bond motifs is 2. The van der Waals surface area contributed by atoms with E-state index in [1.165, 1.54) is 4.57 Å². The zero-order valence-electron chi connectivity index (χ0n) is 14.0. The number of carbonyl (C=O) groups excluding carboxylic acids is 1. The van der Waals surface area contributed by atoms with Crippen molar-refractivity contribution in [3.63, 3.8) is 0 Å². The van der Waals surface area contributed by atoms with E-state index >= 15 is 0 Å². The summed E-state index contributed by atoms with van der Waals surface area (Å²) in [5, 5.41) is 10.7. The van der Waals surface area contributed by atoms with Crippen LogP contribution in [0.5, 0.6) is 0 Å². The minimum atomic E-state index is -0.547. The standard InChI is InChI=1S/C17H14N6O4/c24-14(10-23-16(25)11-4-1-2-5-12(11)20-21-23)18-8-9-22-15-13(27-17(22)26)6-3-7-19-15/h1-7H,8-10H2,(H,18,24). The van der Waals surface area contributed by atoms with Gasteiger partial charge in [0.1, 0.15) is 12.1 Å². The van der Waals surface area contributed by atoms with Gasteiger partial charge in [0, 0.05) is 19.3 Å². The molecule has 27 heavy (non-hydrogen) atoms. The predicted molar refractivity (Wildman–Crippen MR) is 95.1 cm³/mol. The smallest absolute Gasteiger partial charge is 0.406 e.